The molecule has 0 aliphatic heterocycles. The zero-order valence-electron chi connectivity index (χ0n) is 17.7. The zero-order chi connectivity index (χ0) is 22.9. The molecule has 1 heterocycles. The van der Waals surface area contributed by atoms with Crippen LogP contribution in [0, 0.1) is 0 Å². The summed E-state index contributed by atoms with van der Waals surface area (Å²) < 4.78 is 49.3. The molecule has 0 saturated carbocycles. The number of thioether (sulfide) groups is 1. The third kappa shape index (κ3) is 7.95. The number of methoxy groups -OCH3 is 1. The number of likely N-dealkylation sites (N-methyl/N-ethyl adjacent to an activating group) is 1. The molecule has 0 radical (unpaired) electrons. The Labute approximate surface area is 184 Å². The van der Waals surface area contributed by atoms with Gasteiger partial charge in [-0.15, -0.1) is 0 Å². The number of alkyl halides is 3. The number of halogens is 3. The molecule has 0 bridgehead atoms. The summed E-state index contributed by atoms with van der Waals surface area (Å²) in [6.07, 6.45) is 1.22. The molecule has 0 fully saturated rings. The second-order valence-corrected chi connectivity index (χ2v) is 7.50. The third-order valence-electron chi connectivity index (χ3n) is 4.47. The van der Waals surface area contributed by atoms with E-state index in [4.69, 9.17) is 9.47 Å². The van der Waals surface area contributed by atoms with Crippen LogP contribution in [-0.2, 0) is 6.54 Å². The van der Waals surface area contributed by atoms with Crippen molar-refractivity contribution in [1.82, 2.24) is 15.2 Å². The van der Waals surface area contributed by atoms with Gasteiger partial charge < -0.3 is 19.7 Å². The van der Waals surface area contributed by atoms with Gasteiger partial charge in [0.1, 0.15) is 11.6 Å². The summed E-state index contributed by atoms with van der Waals surface area (Å²) >= 11 is -0.414. The summed E-state index contributed by atoms with van der Waals surface area (Å²) in [7, 11) is 1.52. The van der Waals surface area contributed by atoms with E-state index in [1.165, 1.54) is 25.4 Å². The number of pyridine rings is 1. The first-order valence-electron chi connectivity index (χ1n) is 9.78. The highest BCUT2D eigenvalue weighted by Gasteiger charge is 2.32. The average molecular weight is 458 g/mol. The van der Waals surface area contributed by atoms with Crippen LogP contribution in [0.2, 0.25) is 0 Å². The van der Waals surface area contributed by atoms with Crippen molar-refractivity contribution in [2.45, 2.75) is 30.9 Å². The molecule has 1 aromatic carbocycles. The monoisotopic (exact) mass is 457 g/mol. The molecule has 1 amide bonds. The number of nitrogens with one attached hydrogen (secondary N) is 1. The Morgan fingerprint density at radius 3 is 2.58 bits per heavy atom. The first kappa shape index (κ1) is 24.8. The van der Waals surface area contributed by atoms with E-state index < -0.39 is 23.2 Å². The number of benzene rings is 1. The first-order chi connectivity index (χ1) is 14.8. The van der Waals surface area contributed by atoms with Crippen LogP contribution >= 0.6 is 11.8 Å². The molecule has 0 aliphatic rings. The van der Waals surface area contributed by atoms with Gasteiger partial charge in [-0.3, -0.25) is 4.79 Å². The largest absolute Gasteiger partial charge is 0.493 e. The number of hydrogen-bond donors (Lipinski definition) is 1. The number of hydrogen-bond acceptors (Lipinski definition) is 6. The Kier molecular flexibility index (Phi) is 9.44. The Morgan fingerprint density at radius 2 is 1.94 bits per heavy atom. The predicted molar refractivity (Wildman–Crippen MR) is 114 cm³/mol. The van der Waals surface area contributed by atoms with Crippen LogP contribution in [0.15, 0.2) is 41.6 Å². The predicted octanol–water partition coefficient (Wildman–Crippen LogP) is 4.35. The van der Waals surface area contributed by atoms with Crippen molar-refractivity contribution >= 4 is 17.7 Å². The molecular formula is C21H26F3N3O3S. The second-order valence-electron chi connectivity index (χ2n) is 6.45. The summed E-state index contributed by atoms with van der Waals surface area (Å²) in [5.74, 6) is 0.459. The fourth-order valence-corrected chi connectivity index (χ4v) is 3.40. The normalized spacial score (nSPS) is 11.5. The molecule has 1 aromatic heterocycles. The van der Waals surface area contributed by atoms with E-state index in [1.54, 1.807) is 18.2 Å². The number of carbonyl (C=O) groups is 1. The van der Waals surface area contributed by atoms with Gasteiger partial charge in [-0.1, -0.05) is 19.9 Å². The van der Waals surface area contributed by atoms with Crippen LogP contribution in [-0.4, -0.2) is 54.7 Å². The van der Waals surface area contributed by atoms with Crippen LogP contribution in [0.3, 0.4) is 0 Å². The minimum Gasteiger partial charge on any atom is -0.493 e. The van der Waals surface area contributed by atoms with Gasteiger partial charge in [0.15, 0.2) is 11.5 Å². The minimum atomic E-state index is -4.53. The number of aromatic nitrogens is 1. The van der Waals surface area contributed by atoms with Crippen molar-refractivity contribution in [2.24, 2.45) is 0 Å². The van der Waals surface area contributed by atoms with E-state index in [9.17, 15) is 18.0 Å². The van der Waals surface area contributed by atoms with Crippen molar-refractivity contribution in [3.8, 4) is 11.5 Å². The quantitative estimate of drug-likeness (QED) is 0.506. The SMILES string of the molecule is CCN(CC)CCOc1ccc(CNC(=O)c2cccnc2SC(F)(F)F)cc1OC. The van der Waals surface area contributed by atoms with Crippen molar-refractivity contribution in [3.05, 3.63) is 47.7 Å². The maximum atomic E-state index is 12.7. The second kappa shape index (κ2) is 11.8. The van der Waals surface area contributed by atoms with Gasteiger partial charge >= 0.3 is 5.51 Å². The molecule has 1 N–H and O–H groups in total. The molecule has 170 valence electrons. The molecule has 0 atom stereocenters. The minimum absolute atomic E-state index is 0.111. The molecule has 0 aliphatic carbocycles. The van der Waals surface area contributed by atoms with Gasteiger partial charge in [0.2, 0.25) is 0 Å². The maximum Gasteiger partial charge on any atom is 0.447 e. The lowest BCUT2D eigenvalue weighted by Crippen LogP contribution is -2.28. The molecule has 2 aromatic rings. The van der Waals surface area contributed by atoms with Crippen molar-refractivity contribution < 1.29 is 27.4 Å². The molecule has 31 heavy (non-hydrogen) atoms. The van der Waals surface area contributed by atoms with E-state index in [-0.39, 0.29) is 17.1 Å². The van der Waals surface area contributed by atoms with Gasteiger partial charge in [-0.25, -0.2) is 4.98 Å². The lowest BCUT2D eigenvalue weighted by Gasteiger charge is -2.19. The standard InChI is InChI=1S/C21H26F3N3O3S/c1-4-27(5-2)11-12-30-17-9-8-15(13-18(17)29-3)14-26-19(28)16-7-6-10-25-20(16)31-21(22,23)24/h6-10,13H,4-5,11-12,14H2,1-3H3,(H,26,28). The van der Waals surface area contributed by atoms with Gasteiger partial charge in [0.05, 0.1) is 12.7 Å². The van der Waals surface area contributed by atoms with Crippen LogP contribution in [0.5, 0.6) is 11.5 Å². The van der Waals surface area contributed by atoms with Crippen molar-refractivity contribution in [2.75, 3.05) is 33.4 Å². The Balaban J connectivity index is 2.00. The Morgan fingerprint density at radius 1 is 1.19 bits per heavy atom. The third-order valence-corrected chi connectivity index (χ3v) is 5.22. The number of nitrogens with zero attached hydrogens (tertiary/aromatic N) is 2. The van der Waals surface area contributed by atoms with E-state index in [0.29, 0.717) is 18.1 Å². The van der Waals surface area contributed by atoms with Gasteiger partial charge in [-0.05, 0) is 42.9 Å². The van der Waals surface area contributed by atoms with Crippen molar-refractivity contribution in [3.63, 3.8) is 0 Å². The molecule has 0 saturated heterocycles. The summed E-state index contributed by atoms with van der Waals surface area (Å²) in [5.41, 5.74) is -3.94. The molecule has 6 nitrogen and oxygen atoms in total. The smallest absolute Gasteiger partial charge is 0.447 e. The first-order valence-corrected chi connectivity index (χ1v) is 10.6. The van der Waals surface area contributed by atoms with Crippen LogP contribution in [0.25, 0.3) is 0 Å². The number of ether oxygens (including phenoxy) is 2. The number of rotatable bonds is 11. The van der Waals surface area contributed by atoms with Gasteiger partial charge in [0.25, 0.3) is 5.91 Å². The lowest BCUT2D eigenvalue weighted by molar-refractivity contribution is -0.0329. The lowest BCUT2D eigenvalue weighted by atomic mass is 10.2. The van der Waals surface area contributed by atoms with E-state index in [1.807, 2.05) is 0 Å². The summed E-state index contributed by atoms with van der Waals surface area (Å²) in [5, 5.41) is 2.24. The van der Waals surface area contributed by atoms with E-state index in [0.717, 1.165) is 25.2 Å². The summed E-state index contributed by atoms with van der Waals surface area (Å²) in [6.45, 7) is 7.46. The molecule has 0 unspecified atom stereocenters. The highest BCUT2D eigenvalue weighted by Crippen LogP contribution is 2.37. The Hall–Kier alpha value is -2.46. The zero-order valence-corrected chi connectivity index (χ0v) is 18.5. The molecule has 0 spiro atoms. The average Bonchev–Trinajstić information content (AvgIpc) is 2.74. The summed E-state index contributed by atoms with van der Waals surface area (Å²) in [4.78, 5) is 18.3. The number of amides is 1. The van der Waals surface area contributed by atoms with Crippen LogP contribution < -0.4 is 14.8 Å². The Bertz CT molecular complexity index is 861. The van der Waals surface area contributed by atoms with Gasteiger partial charge in [0, 0.05) is 31.0 Å². The van der Waals surface area contributed by atoms with Crippen LogP contribution in [0.4, 0.5) is 13.2 Å². The van der Waals surface area contributed by atoms with Crippen molar-refractivity contribution in [1.29, 1.82) is 0 Å². The van der Waals surface area contributed by atoms with E-state index >= 15 is 0 Å². The molecule has 2 rings (SSSR count). The topological polar surface area (TPSA) is 63.7 Å². The molecule has 10 heteroatoms. The fourth-order valence-electron chi connectivity index (χ4n) is 2.80. The maximum absolute atomic E-state index is 12.7. The highest BCUT2D eigenvalue weighted by molar-refractivity contribution is 8.00. The highest BCUT2D eigenvalue weighted by atomic mass is 32.2. The van der Waals surface area contributed by atoms with Crippen LogP contribution in [0.1, 0.15) is 29.8 Å². The number of carbonyl (C=O) groups excluding carboxylic acids is 1. The molecular weight excluding hydrogens is 431 g/mol. The van der Waals surface area contributed by atoms with Gasteiger partial charge in [-0.2, -0.15) is 13.2 Å². The summed E-state index contributed by atoms with van der Waals surface area (Å²) in [6, 6.07) is 7.97. The van der Waals surface area contributed by atoms with E-state index in [2.05, 4.69) is 29.0 Å². The fraction of sp³-hybridized carbons (Fsp3) is 0.429.